The number of benzene rings is 2. The van der Waals surface area contributed by atoms with Crippen LogP contribution in [-0.2, 0) is 22.6 Å². The van der Waals surface area contributed by atoms with Crippen LogP contribution in [0.3, 0.4) is 0 Å². The molecule has 2 atom stereocenters. The second-order valence-electron chi connectivity index (χ2n) is 13.0. The predicted molar refractivity (Wildman–Crippen MR) is 160 cm³/mol. The summed E-state index contributed by atoms with van der Waals surface area (Å²) in [6.45, 7) is 12.1. The molecule has 214 valence electrons. The van der Waals surface area contributed by atoms with Crippen LogP contribution in [0.25, 0.3) is 0 Å². The lowest BCUT2D eigenvalue weighted by molar-refractivity contribution is -0.122. The van der Waals surface area contributed by atoms with E-state index >= 15 is 0 Å². The molecule has 5 nitrogen and oxygen atoms in total. The Bertz CT molecular complexity index is 1270. The first-order valence-electron chi connectivity index (χ1n) is 15.4. The summed E-state index contributed by atoms with van der Waals surface area (Å²) < 4.78 is 8.59. The van der Waals surface area contributed by atoms with E-state index in [-0.39, 0.29) is 17.6 Å². The highest BCUT2D eigenvalue weighted by molar-refractivity contribution is 5.84. The van der Waals surface area contributed by atoms with E-state index in [1.165, 1.54) is 54.6 Å². The molecule has 40 heavy (non-hydrogen) atoms. The summed E-state index contributed by atoms with van der Waals surface area (Å²) in [6, 6.07) is 17.2. The van der Waals surface area contributed by atoms with Crippen molar-refractivity contribution in [1.29, 1.82) is 0 Å². The number of hydrogen-bond acceptors (Lipinski definition) is 4. The summed E-state index contributed by atoms with van der Waals surface area (Å²) in [5.74, 6) is 4.32. The number of rotatable bonds is 14. The molecule has 2 aliphatic rings. The molecule has 0 bridgehead atoms. The van der Waals surface area contributed by atoms with E-state index in [4.69, 9.17) is 14.9 Å². The zero-order chi connectivity index (χ0) is 28.2. The smallest absolute Gasteiger partial charge is 0.140 e. The highest BCUT2D eigenvalue weighted by Gasteiger charge is 2.40. The van der Waals surface area contributed by atoms with Crippen LogP contribution in [0.4, 0.5) is 0 Å². The number of hydrogen-bond donors (Lipinski definition) is 0. The topological polar surface area (TPSA) is 57.0 Å². The molecule has 2 aromatic carbocycles. The first-order chi connectivity index (χ1) is 19.3. The van der Waals surface area contributed by atoms with Gasteiger partial charge in [-0.3, -0.25) is 4.79 Å². The van der Waals surface area contributed by atoms with Crippen LogP contribution >= 0.6 is 0 Å². The Balaban J connectivity index is 1.35. The van der Waals surface area contributed by atoms with Crippen LogP contribution in [0, 0.1) is 31.6 Å². The van der Waals surface area contributed by atoms with E-state index < -0.39 is 0 Å². The number of aryl methyl sites for hydroxylation is 2. The van der Waals surface area contributed by atoms with E-state index in [1.807, 2.05) is 18.2 Å². The van der Waals surface area contributed by atoms with Crippen LogP contribution in [-0.4, -0.2) is 27.2 Å². The maximum absolute atomic E-state index is 13.8. The van der Waals surface area contributed by atoms with Crippen molar-refractivity contribution in [3.8, 4) is 0 Å². The number of carbonyl (C=O) groups is 1. The minimum Gasteiger partial charge on any atom is -0.377 e. The molecule has 5 heteroatoms. The molecule has 2 fully saturated rings. The standard InChI is InChI=1S/C35H47N3O2/c1-23(2)17-28-19-30(20-28)34-36-37-35(38(34)31-13-14-31)32(15-16-40-22-27-9-7-6-8-10-27)26(5)33(39)21-29-12-11-24(3)18-25(29)4/h6-12,18,23,26,28,30-32H,13-17,19-22H2,1-5H3. The highest BCUT2D eigenvalue weighted by atomic mass is 16.5. The summed E-state index contributed by atoms with van der Waals surface area (Å²) in [5.41, 5.74) is 4.71. The molecule has 2 unspecified atom stereocenters. The van der Waals surface area contributed by atoms with Gasteiger partial charge in [-0.1, -0.05) is 74.9 Å². The summed E-state index contributed by atoms with van der Waals surface area (Å²) >= 11 is 0. The van der Waals surface area contributed by atoms with Gasteiger partial charge in [0.05, 0.1) is 6.61 Å². The van der Waals surface area contributed by atoms with Crippen molar-refractivity contribution < 1.29 is 9.53 Å². The van der Waals surface area contributed by atoms with Crippen LogP contribution in [0.2, 0.25) is 0 Å². The molecule has 0 N–H and O–H groups in total. The van der Waals surface area contributed by atoms with Crippen LogP contribution < -0.4 is 0 Å². The minimum absolute atomic E-state index is 0.0117. The normalized spacial score (nSPS) is 20.4. The lowest BCUT2D eigenvalue weighted by Gasteiger charge is -2.36. The van der Waals surface area contributed by atoms with Crippen molar-refractivity contribution >= 4 is 5.78 Å². The van der Waals surface area contributed by atoms with Gasteiger partial charge in [0.25, 0.3) is 0 Å². The monoisotopic (exact) mass is 541 g/mol. The third-order valence-corrected chi connectivity index (χ3v) is 9.06. The second kappa shape index (κ2) is 12.8. The molecular weight excluding hydrogens is 494 g/mol. The van der Waals surface area contributed by atoms with Crippen molar-refractivity contribution in [3.63, 3.8) is 0 Å². The Morgan fingerprint density at radius 2 is 1.77 bits per heavy atom. The molecule has 0 saturated heterocycles. The molecule has 5 rings (SSSR count). The zero-order valence-electron chi connectivity index (χ0n) is 25.1. The molecule has 0 radical (unpaired) electrons. The molecular formula is C35H47N3O2. The van der Waals surface area contributed by atoms with Crippen molar-refractivity contribution in [2.24, 2.45) is 17.8 Å². The molecule has 2 saturated carbocycles. The fourth-order valence-corrected chi connectivity index (χ4v) is 6.55. The zero-order valence-corrected chi connectivity index (χ0v) is 25.1. The Kier molecular flexibility index (Phi) is 9.20. The molecule has 0 spiro atoms. The van der Waals surface area contributed by atoms with Gasteiger partial charge in [-0.15, -0.1) is 10.2 Å². The fourth-order valence-electron chi connectivity index (χ4n) is 6.55. The number of ketones is 1. The molecule has 1 heterocycles. The summed E-state index contributed by atoms with van der Waals surface area (Å²) in [5, 5.41) is 9.67. The van der Waals surface area contributed by atoms with E-state index in [2.05, 4.69) is 69.5 Å². The quantitative estimate of drug-likeness (QED) is 0.195. The number of ether oxygens (including phenoxy) is 1. The predicted octanol–water partition coefficient (Wildman–Crippen LogP) is 7.91. The summed E-state index contributed by atoms with van der Waals surface area (Å²) in [4.78, 5) is 13.8. The van der Waals surface area contributed by atoms with Gasteiger partial charge in [-0.05, 0) is 80.9 Å². The average Bonchev–Trinajstić information content (AvgIpc) is 3.66. The van der Waals surface area contributed by atoms with E-state index in [1.54, 1.807) is 0 Å². The van der Waals surface area contributed by atoms with Crippen molar-refractivity contribution in [1.82, 2.24) is 14.8 Å². The molecule has 0 amide bonds. The third-order valence-electron chi connectivity index (χ3n) is 9.06. The van der Waals surface area contributed by atoms with Gasteiger partial charge in [0, 0.05) is 36.8 Å². The third kappa shape index (κ3) is 6.91. The Labute approximate surface area is 240 Å². The van der Waals surface area contributed by atoms with Gasteiger partial charge >= 0.3 is 0 Å². The number of Topliss-reactive ketones (excluding diaryl/α,β-unsaturated/α-hetero) is 1. The van der Waals surface area contributed by atoms with Gasteiger partial charge in [-0.2, -0.15) is 0 Å². The molecule has 1 aromatic heterocycles. The first kappa shape index (κ1) is 28.7. The van der Waals surface area contributed by atoms with Gasteiger partial charge in [0.15, 0.2) is 0 Å². The highest BCUT2D eigenvalue weighted by Crippen LogP contribution is 2.48. The van der Waals surface area contributed by atoms with E-state index in [9.17, 15) is 4.79 Å². The Hall–Kier alpha value is -2.79. The SMILES string of the molecule is Cc1ccc(CC(=O)C(C)C(CCOCc2ccccc2)c2nnc(C3CC(CC(C)C)C3)n2C2CC2)c(C)c1. The lowest BCUT2D eigenvalue weighted by atomic mass is 9.71. The Morgan fingerprint density at radius 1 is 1.02 bits per heavy atom. The molecule has 2 aliphatic carbocycles. The van der Waals surface area contributed by atoms with Gasteiger partial charge < -0.3 is 9.30 Å². The fraction of sp³-hybridized carbons (Fsp3) is 0.571. The van der Waals surface area contributed by atoms with Crippen LogP contribution in [0.5, 0.6) is 0 Å². The van der Waals surface area contributed by atoms with Crippen molar-refractivity contribution in [2.75, 3.05) is 6.61 Å². The lowest BCUT2D eigenvalue weighted by Crippen LogP contribution is -2.28. The maximum Gasteiger partial charge on any atom is 0.140 e. The van der Waals surface area contributed by atoms with Crippen molar-refractivity contribution in [2.45, 2.75) is 104 Å². The largest absolute Gasteiger partial charge is 0.377 e. The van der Waals surface area contributed by atoms with Gasteiger partial charge in [0.2, 0.25) is 0 Å². The number of nitrogens with zero attached hydrogens (tertiary/aromatic N) is 3. The summed E-state index contributed by atoms with van der Waals surface area (Å²) in [6.07, 6.45) is 7.32. The van der Waals surface area contributed by atoms with Gasteiger partial charge in [-0.25, -0.2) is 0 Å². The van der Waals surface area contributed by atoms with Gasteiger partial charge in [0.1, 0.15) is 17.4 Å². The van der Waals surface area contributed by atoms with Crippen LogP contribution in [0.1, 0.15) is 111 Å². The minimum atomic E-state index is -0.161. The number of carbonyl (C=O) groups excluding carboxylic acids is 1. The van der Waals surface area contributed by atoms with Crippen LogP contribution in [0.15, 0.2) is 48.5 Å². The second-order valence-corrected chi connectivity index (χ2v) is 13.0. The van der Waals surface area contributed by atoms with Crippen molar-refractivity contribution in [3.05, 3.63) is 82.4 Å². The molecule has 0 aliphatic heterocycles. The first-order valence-corrected chi connectivity index (χ1v) is 15.4. The maximum atomic E-state index is 13.8. The Morgan fingerprint density at radius 3 is 2.45 bits per heavy atom. The molecule has 3 aromatic rings. The summed E-state index contributed by atoms with van der Waals surface area (Å²) in [7, 11) is 0. The number of aromatic nitrogens is 3. The van der Waals surface area contributed by atoms with E-state index in [0.29, 0.717) is 31.6 Å². The van der Waals surface area contributed by atoms with E-state index in [0.717, 1.165) is 29.6 Å². The average molecular weight is 542 g/mol.